The van der Waals surface area contributed by atoms with E-state index in [-0.39, 0.29) is 5.91 Å². The first-order valence-corrected chi connectivity index (χ1v) is 7.90. The number of hydrogen-bond donors (Lipinski definition) is 1. The van der Waals surface area contributed by atoms with Gasteiger partial charge < -0.3 is 10.1 Å². The molecule has 1 N–H and O–H groups in total. The quantitative estimate of drug-likeness (QED) is 0.843. The first-order valence-electron chi connectivity index (χ1n) is 7.11. The standard InChI is InChI=1S/C18H20BrNO2/c1-12-5-8-15(11-13(12)2)20-17(21)18(3,4)22-16-9-6-14(19)7-10-16/h5-11H,1-4H3,(H,20,21). The van der Waals surface area contributed by atoms with Gasteiger partial charge in [-0.2, -0.15) is 0 Å². The van der Waals surface area contributed by atoms with Gasteiger partial charge in [-0.3, -0.25) is 4.79 Å². The third-order valence-corrected chi connectivity index (χ3v) is 4.03. The average molecular weight is 362 g/mol. The maximum Gasteiger partial charge on any atom is 0.267 e. The highest BCUT2D eigenvalue weighted by atomic mass is 79.9. The average Bonchev–Trinajstić information content (AvgIpc) is 2.45. The van der Waals surface area contributed by atoms with Crippen LogP contribution < -0.4 is 10.1 Å². The van der Waals surface area contributed by atoms with E-state index in [0.29, 0.717) is 5.75 Å². The van der Waals surface area contributed by atoms with E-state index in [1.54, 1.807) is 13.8 Å². The number of ether oxygens (including phenoxy) is 1. The molecule has 0 fully saturated rings. The highest BCUT2D eigenvalue weighted by molar-refractivity contribution is 9.10. The van der Waals surface area contributed by atoms with Crippen molar-refractivity contribution in [2.45, 2.75) is 33.3 Å². The minimum Gasteiger partial charge on any atom is -0.478 e. The maximum absolute atomic E-state index is 12.5. The Morgan fingerprint density at radius 3 is 2.27 bits per heavy atom. The van der Waals surface area contributed by atoms with Gasteiger partial charge >= 0.3 is 0 Å². The number of aryl methyl sites for hydroxylation is 2. The molecule has 0 saturated heterocycles. The van der Waals surface area contributed by atoms with Gasteiger partial charge in [0, 0.05) is 10.2 Å². The lowest BCUT2D eigenvalue weighted by Crippen LogP contribution is -2.42. The van der Waals surface area contributed by atoms with Crippen LogP contribution in [-0.2, 0) is 4.79 Å². The van der Waals surface area contributed by atoms with Crippen LogP contribution in [0, 0.1) is 13.8 Å². The number of nitrogens with one attached hydrogen (secondary N) is 1. The first kappa shape index (κ1) is 16.6. The fraction of sp³-hybridized carbons (Fsp3) is 0.278. The molecule has 0 unspecified atom stereocenters. The Balaban J connectivity index is 2.09. The number of benzene rings is 2. The Hall–Kier alpha value is -1.81. The fourth-order valence-corrected chi connectivity index (χ4v) is 2.21. The van der Waals surface area contributed by atoms with E-state index < -0.39 is 5.60 Å². The maximum atomic E-state index is 12.5. The van der Waals surface area contributed by atoms with Crippen molar-refractivity contribution in [3.05, 3.63) is 58.1 Å². The number of amides is 1. The Morgan fingerprint density at radius 1 is 1.05 bits per heavy atom. The largest absolute Gasteiger partial charge is 0.478 e. The summed E-state index contributed by atoms with van der Waals surface area (Å²) in [6.07, 6.45) is 0. The summed E-state index contributed by atoms with van der Waals surface area (Å²) in [4.78, 5) is 12.5. The highest BCUT2D eigenvalue weighted by Crippen LogP contribution is 2.23. The number of carbonyl (C=O) groups excluding carboxylic acids is 1. The van der Waals surface area contributed by atoms with Crippen molar-refractivity contribution in [2.75, 3.05) is 5.32 Å². The summed E-state index contributed by atoms with van der Waals surface area (Å²) < 4.78 is 6.78. The Labute approximate surface area is 139 Å². The molecule has 0 aromatic heterocycles. The molecule has 22 heavy (non-hydrogen) atoms. The van der Waals surface area contributed by atoms with Crippen LogP contribution in [0.25, 0.3) is 0 Å². The van der Waals surface area contributed by atoms with Gasteiger partial charge in [-0.1, -0.05) is 22.0 Å². The second-order valence-corrected chi connectivity index (χ2v) is 6.74. The second kappa shape index (κ2) is 6.53. The van der Waals surface area contributed by atoms with Crippen LogP contribution in [0.3, 0.4) is 0 Å². The summed E-state index contributed by atoms with van der Waals surface area (Å²) in [6.45, 7) is 7.58. The zero-order valence-corrected chi connectivity index (χ0v) is 14.8. The Kier molecular flexibility index (Phi) is 4.91. The van der Waals surface area contributed by atoms with Crippen molar-refractivity contribution in [2.24, 2.45) is 0 Å². The van der Waals surface area contributed by atoms with Gasteiger partial charge in [-0.05, 0) is 75.2 Å². The van der Waals surface area contributed by atoms with E-state index in [4.69, 9.17) is 4.74 Å². The molecule has 4 heteroatoms. The van der Waals surface area contributed by atoms with Crippen LogP contribution in [0.15, 0.2) is 46.9 Å². The molecule has 0 spiro atoms. The number of rotatable bonds is 4. The molecular formula is C18H20BrNO2. The monoisotopic (exact) mass is 361 g/mol. The van der Waals surface area contributed by atoms with Gasteiger partial charge in [0.2, 0.25) is 0 Å². The summed E-state index contributed by atoms with van der Waals surface area (Å²) in [6, 6.07) is 13.3. The topological polar surface area (TPSA) is 38.3 Å². The Bertz CT molecular complexity index is 678. The molecule has 0 atom stereocenters. The van der Waals surface area contributed by atoms with Crippen molar-refractivity contribution < 1.29 is 9.53 Å². The lowest BCUT2D eigenvalue weighted by Gasteiger charge is -2.25. The summed E-state index contributed by atoms with van der Waals surface area (Å²) in [7, 11) is 0. The molecule has 116 valence electrons. The smallest absolute Gasteiger partial charge is 0.267 e. The molecular weight excluding hydrogens is 342 g/mol. The minimum absolute atomic E-state index is 0.182. The van der Waals surface area contributed by atoms with Gasteiger partial charge in [0.15, 0.2) is 5.60 Å². The molecule has 2 aromatic carbocycles. The van der Waals surface area contributed by atoms with E-state index in [1.807, 2.05) is 56.3 Å². The highest BCUT2D eigenvalue weighted by Gasteiger charge is 2.30. The van der Waals surface area contributed by atoms with Gasteiger partial charge in [-0.15, -0.1) is 0 Å². The molecule has 0 saturated carbocycles. The zero-order chi connectivity index (χ0) is 16.3. The molecule has 0 aliphatic rings. The van der Waals surface area contributed by atoms with Crippen LogP contribution >= 0.6 is 15.9 Å². The molecule has 0 radical (unpaired) electrons. The van der Waals surface area contributed by atoms with Crippen molar-refractivity contribution in [1.82, 2.24) is 0 Å². The normalized spacial score (nSPS) is 11.1. The summed E-state index contributed by atoms with van der Waals surface area (Å²) in [5.41, 5.74) is 2.15. The summed E-state index contributed by atoms with van der Waals surface area (Å²) in [5, 5.41) is 2.91. The first-order chi connectivity index (χ1) is 10.3. The molecule has 0 aliphatic carbocycles. The number of carbonyl (C=O) groups is 1. The van der Waals surface area contributed by atoms with Crippen LogP contribution in [0.2, 0.25) is 0 Å². The molecule has 1 amide bonds. The van der Waals surface area contributed by atoms with Crippen LogP contribution in [0.4, 0.5) is 5.69 Å². The Morgan fingerprint density at radius 2 is 1.68 bits per heavy atom. The molecule has 0 bridgehead atoms. The van der Waals surface area contributed by atoms with E-state index in [2.05, 4.69) is 21.2 Å². The van der Waals surface area contributed by atoms with E-state index in [1.165, 1.54) is 5.56 Å². The van der Waals surface area contributed by atoms with Crippen molar-refractivity contribution in [3.8, 4) is 5.75 Å². The lowest BCUT2D eigenvalue weighted by molar-refractivity contribution is -0.128. The summed E-state index contributed by atoms with van der Waals surface area (Å²) in [5.74, 6) is 0.474. The minimum atomic E-state index is -0.966. The van der Waals surface area contributed by atoms with Crippen molar-refractivity contribution in [1.29, 1.82) is 0 Å². The van der Waals surface area contributed by atoms with Gasteiger partial charge in [-0.25, -0.2) is 0 Å². The van der Waals surface area contributed by atoms with Crippen LogP contribution in [0.1, 0.15) is 25.0 Å². The molecule has 2 rings (SSSR count). The molecule has 0 aliphatic heterocycles. The van der Waals surface area contributed by atoms with Crippen LogP contribution in [0.5, 0.6) is 5.75 Å². The second-order valence-electron chi connectivity index (χ2n) is 5.82. The third kappa shape index (κ3) is 4.10. The zero-order valence-electron chi connectivity index (χ0n) is 13.2. The fourth-order valence-electron chi connectivity index (χ4n) is 1.94. The van der Waals surface area contributed by atoms with E-state index >= 15 is 0 Å². The van der Waals surface area contributed by atoms with Gasteiger partial charge in [0.25, 0.3) is 5.91 Å². The molecule has 2 aromatic rings. The molecule has 0 heterocycles. The van der Waals surface area contributed by atoms with E-state index in [0.717, 1.165) is 15.7 Å². The van der Waals surface area contributed by atoms with Gasteiger partial charge in [0.05, 0.1) is 0 Å². The van der Waals surface area contributed by atoms with Crippen molar-refractivity contribution in [3.63, 3.8) is 0 Å². The molecule has 3 nitrogen and oxygen atoms in total. The SMILES string of the molecule is Cc1ccc(NC(=O)C(C)(C)Oc2ccc(Br)cc2)cc1C. The number of hydrogen-bond acceptors (Lipinski definition) is 2. The lowest BCUT2D eigenvalue weighted by atomic mass is 10.1. The number of anilines is 1. The van der Waals surface area contributed by atoms with Crippen molar-refractivity contribution >= 4 is 27.5 Å². The van der Waals surface area contributed by atoms with E-state index in [9.17, 15) is 4.79 Å². The van der Waals surface area contributed by atoms with Gasteiger partial charge in [0.1, 0.15) is 5.75 Å². The predicted octanol–water partition coefficient (Wildman–Crippen LogP) is 4.86. The number of halogens is 1. The predicted molar refractivity (Wildman–Crippen MR) is 93.4 cm³/mol. The third-order valence-electron chi connectivity index (χ3n) is 3.50. The summed E-state index contributed by atoms with van der Waals surface area (Å²) >= 11 is 3.38. The van der Waals surface area contributed by atoms with Crippen LogP contribution in [-0.4, -0.2) is 11.5 Å².